The van der Waals surface area contributed by atoms with Crippen LogP contribution in [0.5, 0.6) is 0 Å². The van der Waals surface area contributed by atoms with Gasteiger partial charge >= 0.3 is 0 Å². The van der Waals surface area contributed by atoms with E-state index >= 15 is 0 Å². The number of carbonyl (C=O) groups excluding carboxylic acids is 2. The zero-order valence-corrected chi connectivity index (χ0v) is 11.8. The fourth-order valence-electron chi connectivity index (χ4n) is 3.13. The van der Waals surface area contributed by atoms with Gasteiger partial charge in [0.25, 0.3) is 11.8 Å². The summed E-state index contributed by atoms with van der Waals surface area (Å²) < 4.78 is 0. The first-order valence-electron chi connectivity index (χ1n) is 6.88. The number of anilines is 1. The van der Waals surface area contributed by atoms with E-state index in [0.717, 1.165) is 19.3 Å². The first kappa shape index (κ1) is 13.1. The Bertz CT molecular complexity index is 591. The number of carbonyl (C=O) groups is 2. The van der Waals surface area contributed by atoms with Gasteiger partial charge in [0.2, 0.25) is 0 Å². The van der Waals surface area contributed by atoms with Crippen LogP contribution >= 0.6 is 0 Å². The minimum atomic E-state index is -0.253. The van der Waals surface area contributed by atoms with E-state index in [-0.39, 0.29) is 17.4 Å². The van der Waals surface area contributed by atoms with Gasteiger partial charge in [0.1, 0.15) is 0 Å². The van der Waals surface area contributed by atoms with Gasteiger partial charge in [-0.05, 0) is 45.5 Å². The molecular weight excluding hydrogens is 254 g/mol. The molecule has 1 aromatic rings. The summed E-state index contributed by atoms with van der Waals surface area (Å²) in [5.41, 5.74) is 6.96. The molecule has 1 saturated carbocycles. The molecule has 5 nitrogen and oxygen atoms in total. The fraction of sp³-hybridized carbons (Fsp3) is 0.467. The third-order valence-electron chi connectivity index (χ3n) is 4.72. The van der Waals surface area contributed by atoms with Gasteiger partial charge in [-0.25, -0.2) is 0 Å². The second-order valence-electron chi connectivity index (χ2n) is 5.94. The van der Waals surface area contributed by atoms with Crippen molar-refractivity contribution in [3.05, 3.63) is 29.3 Å². The second kappa shape index (κ2) is 4.31. The third kappa shape index (κ3) is 1.66. The zero-order chi connectivity index (χ0) is 14.5. The Morgan fingerprint density at radius 3 is 2.45 bits per heavy atom. The molecule has 106 valence electrons. The van der Waals surface area contributed by atoms with Gasteiger partial charge in [0, 0.05) is 17.8 Å². The lowest BCUT2D eigenvalue weighted by molar-refractivity contribution is 0.0208. The number of nitrogens with two attached hydrogens (primary N) is 1. The van der Waals surface area contributed by atoms with Crippen molar-refractivity contribution >= 4 is 17.5 Å². The predicted octanol–water partition coefficient (Wildman–Crippen LogP) is 1.35. The molecule has 2 aliphatic rings. The molecule has 0 bridgehead atoms. The molecule has 2 N–H and O–H groups in total. The maximum atomic E-state index is 12.5. The van der Waals surface area contributed by atoms with E-state index in [1.165, 1.54) is 4.90 Å². The van der Waals surface area contributed by atoms with Crippen molar-refractivity contribution in [3.63, 3.8) is 0 Å². The summed E-state index contributed by atoms with van der Waals surface area (Å²) in [5.74, 6) is -0.471. The van der Waals surface area contributed by atoms with Crippen molar-refractivity contribution in [2.24, 2.45) is 0 Å². The maximum Gasteiger partial charge on any atom is 0.263 e. The van der Waals surface area contributed by atoms with Crippen LogP contribution in [0.2, 0.25) is 0 Å². The lowest BCUT2D eigenvalue weighted by Gasteiger charge is -2.48. The number of imide groups is 1. The number of hydrogen-bond donors (Lipinski definition) is 1. The number of benzene rings is 1. The fourth-order valence-corrected chi connectivity index (χ4v) is 3.13. The van der Waals surface area contributed by atoms with Crippen LogP contribution in [0.1, 0.15) is 40.0 Å². The molecule has 1 fully saturated rings. The molecule has 2 amide bonds. The maximum absolute atomic E-state index is 12.5. The largest absolute Gasteiger partial charge is 0.398 e. The summed E-state index contributed by atoms with van der Waals surface area (Å²) >= 11 is 0. The highest BCUT2D eigenvalue weighted by atomic mass is 16.2. The Kier molecular flexibility index (Phi) is 2.83. The normalized spacial score (nSPS) is 20.2. The topological polar surface area (TPSA) is 66.6 Å². The van der Waals surface area contributed by atoms with E-state index in [9.17, 15) is 9.59 Å². The molecule has 0 unspecified atom stereocenters. The quantitative estimate of drug-likeness (QED) is 0.667. The van der Waals surface area contributed by atoms with Crippen LogP contribution in [0.3, 0.4) is 0 Å². The van der Waals surface area contributed by atoms with Crippen LogP contribution in [-0.2, 0) is 0 Å². The molecular formula is C15H19N3O2. The highest BCUT2D eigenvalue weighted by Crippen LogP contribution is 2.39. The third-order valence-corrected chi connectivity index (χ3v) is 4.72. The molecule has 1 aliphatic heterocycles. The summed E-state index contributed by atoms with van der Waals surface area (Å²) in [6.45, 7) is 0.450. The molecule has 5 heteroatoms. The van der Waals surface area contributed by atoms with Crippen LogP contribution in [0.4, 0.5) is 5.69 Å². The standard InChI is InChI=1S/C15H19N3O2/c1-17(2)15(7-4-8-15)9-18-13(19)10-5-3-6-11(16)12(10)14(18)20/h3,5-6H,4,7-9,16H2,1-2H3. The Labute approximate surface area is 118 Å². The van der Waals surface area contributed by atoms with Gasteiger partial charge < -0.3 is 10.6 Å². The molecule has 20 heavy (non-hydrogen) atoms. The van der Waals surface area contributed by atoms with Crippen molar-refractivity contribution in [2.75, 3.05) is 26.4 Å². The summed E-state index contributed by atoms with van der Waals surface area (Å²) in [5, 5.41) is 0. The molecule has 0 radical (unpaired) electrons. The second-order valence-corrected chi connectivity index (χ2v) is 5.94. The predicted molar refractivity (Wildman–Crippen MR) is 76.5 cm³/mol. The molecule has 0 atom stereocenters. The first-order valence-corrected chi connectivity index (χ1v) is 6.88. The lowest BCUT2D eigenvalue weighted by atomic mass is 9.75. The highest BCUT2D eigenvalue weighted by Gasteiger charge is 2.46. The average Bonchev–Trinajstić information content (AvgIpc) is 2.58. The Hall–Kier alpha value is -1.88. The van der Waals surface area contributed by atoms with Crippen LogP contribution in [0, 0.1) is 0 Å². The number of rotatable bonds is 3. The molecule has 1 aliphatic carbocycles. The number of hydrogen-bond acceptors (Lipinski definition) is 4. The van der Waals surface area contributed by atoms with Gasteiger partial charge in [0.15, 0.2) is 0 Å². The van der Waals surface area contributed by atoms with E-state index in [1.807, 2.05) is 14.1 Å². The van der Waals surface area contributed by atoms with Crippen molar-refractivity contribution in [1.82, 2.24) is 9.80 Å². The number of likely N-dealkylation sites (N-methyl/N-ethyl adjacent to an activating group) is 1. The van der Waals surface area contributed by atoms with Gasteiger partial charge in [-0.2, -0.15) is 0 Å². The highest BCUT2D eigenvalue weighted by molar-refractivity contribution is 6.23. The van der Waals surface area contributed by atoms with Crippen molar-refractivity contribution in [2.45, 2.75) is 24.8 Å². The van der Waals surface area contributed by atoms with Crippen LogP contribution in [0.15, 0.2) is 18.2 Å². The SMILES string of the molecule is CN(C)C1(CN2C(=O)c3cccc(N)c3C2=O)CCC1. The van der Waals surface area contributed by atoms with E-state index in [2.05, 4.69) is 4.90 Å². The minimum Gasteiger partial charge on any atom is -0.398 e. The summed E-state index contributed by atoms with van der Waals surface area (Å²) in [7, 11) is 4.01. The van der Waals surface area contributed by atoms with E-state index in [0.29, 0.717) is 23.4 Å². The number of fused-ring (bicyclic) bond motifs is 1. The van der Waals surface area contributed by atoms with E-state index in [1.54, 1.807) is 18.2 Å². The van der Waals surface area contributed by atoms with Gasteiger partial charge in [0.05, 0.1) is 11.1 Å². The molecule has 1 heterocycles. The van der Waals surface area contributed by atoms with Crippen molar-refractivity contribution in [1.29, 1.82) is 0 Å². The lowest BCUT2D eigenvalue weighted by Crippen LogP contribution is -2.58. The molecule has 3 rings (SSSR count). The van der Waals surface area contributed by atoms with Crippen LogP contribution < -0.4 is 5.73 Å². The molecule has 0 aromatic heterocycles. The monoisotopic (exact) mass is 273 g/mol. The van der Waals surface area contributed by atoms with Crippen molar-refractivity contribution < 1.29 is 9.59 Å². The Morgan fingerprint density at radius 1 is 1.25 bits per heavy atom. The summed E-state index contributed by atoms with van der Waals surface area (Å²) in [6.07, 6.45) is 3.18. The van der Waals surface area contributed by atoms with E-state index < -0.39 is 0 Å². The molecule has 0 spiro atoms. The van der Waals surface area contributed by atoms with Gasteiger partial charge in [-0.15, -0.1) is 0 Å². The summed E-state index contributed by atoms with van der Waals surface area (Å²) in [6, 6.07) is 5.06. The molecule has 0 saturated heterocycles. The van der Waals surface area contributed by atoms with Crippen LogP contribution in [-0.4, -0.2) is 47.8 Å². The Morgan fingerprint density at radius 2 is 1.95 bits per heavy atom. The number of nitrogens with zero attached hydrogens (tertiary/aromatic N) is 2. The average molecular weight is 273 g/mol. The number of nitrogen functional groups attached to an aromatic ring is 1. The molecule has 1 aromatic carbocycles. The number of amides is 2. The zero-order valence-electron chi connectivity index (χ0n) is 11.8. The minimum absolute atomic E-state index is 0.0673. The van der Waals surface area contributed by atoms with Gasteiger partial charge in [-0.3, -0.25) is 14.5 Å². The van der Waals surface area contributed by atoms with Crippen LogP contribution in [0.25, 0.3) is 0 Å². The smallest absolute Gasteiger partial charge is 0.263 e. The van der Waals surface area contributed by atoms with E-state index in [4.69, 9.17) is 5.73 Å². The van der Waals surface area contributed by atoms with Crippen molar-refractivity contribution in [3.8, 4) is 0 Å². The van der Waals surface area contributed by atoms with Gasteiger partial charge in [-0.1, -0.05) is 6.07 Å². The first-order chi connectivity index (χ1) is 9.46. The Balaban J connectivity index is 1.93. The summed E-state index contributed by atoms with van der Waals surface area (Å²) in [4.78, 5) is 28.4.